The molecule has 2 atom stereocenters. The summed E-state index contributed by atoms with van der Waals surface area (Å²) in [4.78, 5) is 28.7. The van der Waals surface area contributed by atoms with E-state index in [0.29, 0.717) is 30.3 Å². The summed E-state index contributed by atoms with van der Waals surface area (Å²) in [5.74, 6) is -4.40. The number of nitrogens with zero attached hydrogens (tertiary/aromatic N) is 2. The molecular weight excluding hydrogens is 571 g/mol. The van der Waals surface area contributed by atoms with Gasteiger partial charge in [0, 0.05) is 49.4 Å². The Balaban J connectivity index is 1.73. The molecule has 0 saturated carbocycles. The van der Waals surface area contributed by atoms with E-state index in [2.05, 4.69) is 10.6 Å². The molecule has 2 aromatic carbocycles. The number of carbonyl (C=O) groups is 2. The molecular formula is C28H34ClF5N4O3. The smallest absolute Gasteiger partial charge is 0.383 e. The summed E-state index contributed by atoms with van der Waals surface area (Å²) >= 11 is 6.20. The number of amides is 2. The maximum Gasteiger partial charge on any atom is 0.390 e. The van der Waals surface area contributed by atoms with Crippen molar-refractivity contribution in [3.05, 3.63) is 58.1 Å². The first-order valence-corrected chi connectivity index (χ1v) is 13.4. The van der Waals surface area contributed by atoms with Crippen LogP contribution in [0.4, 0.5) is 33.3 Å². The van der Waals surface area contributed by atoms with Gasteiger partial charge in [-0.25, -0.2) is 8.78 Å². The topological polar surface area (TPSA) is 84.9 Å². The van der Waals surface area contributed by atoms with Gasteiger partial charge in [0.05, 0.1) is 23.4 Å². The van der Waals surface area contributed by atoms with Crippen molar-refractivity contribution < 1.29 is 36.6 Å². The Kier molecular flexibility index (Phi) is 10.3. The van der Waals surface area contributed by atoms with Crippen LogP contribution in [0.25, 0.3) is 0 Å². The van der Waals surface area contributed by atoms with E-state index in [9.17, 15) is 36.6 Å². The summed E-state index contributed by atoms with van der Waals surface area (Å²) in [6.07, 6.45) is -6.52. The van der Waals surface area contributed by atoms with Gasteiger partial charge in [0.1, 0.15) is 6.10 Å². The average Bonchev–Trinajstić information content (AvgIpc) is 2.87. The van der Waals surface area contributed by atoms with Gasteiger partial charge in [-0.15, -0.1) is 0 Å². The van der Waals surface area contributed by atoms with E-state index >= 15 is 0 Å². The third-order valence-corrected chi connectivity index (χ3v) is 7.10. The summed E-state index contributed by atoms with van der Waals surface area (Å²) in [7, 11) is 0. The molecule has 2 amide bonds. The highest BCUT2D eigenvalue weighted by Crippen LogP contribution is 2.33. The van der Waals surface area contributed by atoms with Crippen molar-refractivity contribution in [3.63, 3.8) is 0 Å². The Bertz CT molecular complexity index is 1270. The zero-order chi connectivity index (χ0) is 30.7. The molecule has 1 aliphatic rings. The number of rotatable bonds is 8. The molecule has 0 aromatic heterocycles. The molecule has 0 spiro atoms. The normalized spacial score (nSPS) is 17.3. The minimum Gasteiger partial charge on any atom is -0.383 e. The summed E-state index contributed by atoms with van der Waals surface area (Å²) < 4.78 is 67.7. The summed E-state index contributed by atoms with van der Waals surface area (Å²) in [5, 5.41) is 15.3. The second-order valence-electron chi connectivity index (χ2n) is 11.2. The van der Waals surface area contributed by atoms with Crippen LogP contribution >= 0.6 is 11.6 Å². The van der Waals surface area contributed by atoms with Crippen molar-refractivity contribution in [1.82, 2.24) is 10.2 Å². The molecule has 0 unspecified atom stereocenters. The number of alkyl halides is 3. The molecule has 1 fully saturated rings. The van der Waals surface area contributed by atoms with Crippen LogP contribution in [-0.4, -0.2) is 66.3 Å². The van der Waals surface area contributed by atoms with Gasteiger partial charge in [-0.05, 0) is 36.6 Å². The Labute approximate surface area is 240 Å². The van der Waals surface area contributed by atoms with Crippen molar-refractivity contribution in [3.8, 4) is 0 Å². The Morgan fingerprint density at radius 2 is 1.78 bits per heavy atom. The third kappa shape index (κ3) is 8.52. The molecule has 1 saturated heterocycles. The van der Waals surface area contributed by atoms with E-state index < -0.39 is 59.7 Å². The van der Waals surface area contributed by atoms with Gasteiger partial charge in [-0.3, -0.25) is 14.5 Å². The Morgan fingerprint density at radius 1 is 1.10 bits per heavy atom. The van der Waals surface area contributed by atoms with E-state index in [1.54, 1.807) is 31.7 Å². The van der Waals surface area contributed by atoms with Gasteiger partial charge in [0.25, 0.3) is 5.91 Å². The molecule has 7 nitrogen and oxygen atoms in total. The van der Waals surface area contributed by atoms with Crippen LogP contribution < -0.4 is 15.5 Å². The highest BCUT2D eigenvalue weighted by molar-refractivity contribution is 6.31. The number of aliphatic hydroxyl groups excluding tert-OH is 1. The fourth-order valence-corrected chi connectivity index (χ4v) is 4.66. The molecule has 41 heavy (non-hydrogen) atoms. The summed E-state index contributed by atoms with van der Waals surface area (Å²) in [6, 6.07) is 6.64. The van der Waals surface area contributed by atoms with E-state index in [1.807, 2.05) is 11.8 Å². The van der Waals surface area contributed by atoms with Crippen molar-refractivity contribution in [1.29, 1.82) is 0 Å². The predicted octanol–water partition coefficient (Wildman–Crippen LogP) is 5.36. The number of carbonyl (C=O) groups excluding carboxylic acids is 2. The lowest BCUT2D eigenvalue weighted by Gasteiger charge is -2.42. The number of anilines is 2. The highest BCUT2D eigenvalue weighted by Gasteiger charge is 2.32. The Morgan fingerprint density at radius 3 is 2.39 bits per heavy atom. The number of halogens is 6. The maximum absolute atomic E-state index is 15.0. The van der Waals surface area contributed by atoms with Gasteiger partial charge in [-0.2, -0.15) is 13.2 Å². The van der Waals surface area contributed by atoms with Crippen molar-refractivity contribution in [2.75, 3.05) is 36.4 Å². The van der Waals surface area contributed by atoms with Gasteiger partial charge in [0.2, 0.25) is 5.91 Å². The highest BCUT2D eigenvalue weighted by atomic mass is 35.5. The first-order valence-electron chi connectivity index (χ1n) is 13.1. The van der Waals surface area contributed by atoms with Gasteiger partial charge < -0.3 is 20.6 Å². The van der Waals surface area contributed by atoms with E-state index in [1.165, 1.54) is 18.2 Å². The number of aliphatic hydroxyl groups is 1. The molecule has 1 aliphatic heterocycles. The molecule has 3 N–H and O–H groups in total. The quantitative estimate of drug-likeness (QED) is 0.354. The number of benzene rings is 2. The van der Waals surface area contributed by atoms with Crippen LogP contribution in [0.5, 0.6) is 0 Å². The van der Waals surface area contributed by atoms with Gasteiger partial charge >= 0.3 is 6.18 Å². The first kappa shape index (κ1) is 32.6. The van der Waals surface area contributed by atoms with Crippen LogP contribution in [0.1, 0.15) is 50.0 Å². The Hall–Kier alpha value is -2.96. The molecule has 226 valence electrons. The molecule has 0 radical (unpaired) electrons. The minimum absolute atomic E-state index is 0.123. The predicted molar refractivity (Wildman–Crippen MR) is 147 cm³/mol. The standard InChI is InChI=1S/C28H34ClF5N4O3/c1-16-15-37(10-9-28(32,33)34)11-12-38(16)21-13-18(29)6-8-20(21)36-25(40)19-7-5-17(22(30)23(19)31)14-35-26(41)24(39)27(2,3)4/h5-8,13,16,24,39H,9-12,14-15H2,1-4H3,(H,35,41)(H,36,40)/t16-,24+/m1/s1. The number of hydrogen-bond donors (Lipinski definition) is 3. The van der Waals surface area contributed by atoms with Crippen LogP contribution in [0, 0.1) is 17.0 Å². The molecule has 13 heteroatoms. The zero-order valence-corrected chi connectivity index (χ0v) is 24.0. The van der Waals surface area contributed by atoms with Crippen LogP contribution in [0.15, 0.2) is 30.3 Å². The van der Waals surface area contributed by atoms with Gasteiger partial charge in [-0.1, -0.05) is 38.4 Å². The third-order valence-electron chi connectivity index (χ3n) is 6.87. The molecule has 1 heterocycles. The van der Waals surface area contributed by atoms with Crippen LogP contribution in [-0.2, 0) is 11.3 Å². The van der Waals surface area contributed by atoms with E-state index in [4.69, 9.17) is 11.6 Å². The van der Waals surface area contributed by atoms with Crippen LogP contribution in [0.2, 0.25) is 5.02 Å². The second-order valence-corrected chi connectivity index (χ2v) is 11.6. The fourth-order valence-electron chi connectivity index (χ4n) is 4.49. The average molecular weight is 605 g/mol. The SMILES string of the molecule is C[C@@H]1CN(CCC(F)(F)F)CCN1c1cc(Cl)ccc1NC(=O)c1ccc(CNC(=O)[C@H](O)C(C)(C)C)c(F)c1F. The van der Waals surface area contributed by atoms with E-state index in [-0.39, 0.29) is 23.8 Å². The van der Waals surface area contributed by atoms with Gasteiger partial charge in [0.15, 0.2) is 11.6 Å². The van der Waals surface area contributed by atoms with Crippen molar-refractivity contribution in [2.45, 2.75) is 59.0 Å². The first-order chi connectivity index (χ1) is 19.0. The van der Waals surface area contributed by atoms with Crippen LogP contribution in [0.3, 0.4) is 0 Å². The maximum atomic E-state index is 15.0. The number of nitrogens with one attached hydrogen (secondary N) is 2. The van der Waals surface area contributed by atoms with Crippen molar-refractivity contribution in [2.24, 2.45) is 5.41 Å². The largest absolute Gasteiger partial charge is 0.390 e. The lowest BCUT2D eigenvalue weighted by molar-refractivity contribution is -0.138. The number of piperazine rings is 1. The molecule has 0 bridgehead atoms. The monoisotopic (exact) mass is 604 g/mol. The molecule has 0 aliphatic carbocycles. The zero-order valence-electron chi connectivity index (χ0n) is 23.2. The molecule has 2 aromatic rings. The summed E-state index contributed by atoms with van der Waals surface area (Å²) in [5.41, 5.74) is -0.778. The molecule has 3 rings (SSSR count). The lowest BCUT2D eigenvalue weighted by atomic mass is 9.88. The summed E-state index contributed by atoms with van der Waals surface area (Å²) in [6.45, 7) is 7.32. The minimum atomic E-state index is -4.25. The lowest BCUT2D eigenvalue weighted by Crippen LogP contribution is -2.52. The second kappa shape index (κ2) is 12.9. The fraction of sp³-hybridized carbons (Fsp3) is 0.500. The van der Waals surface area contributed by atoms with E-state index in [0.717, 1.165) is 6.07 Å². The number of hydrogen-bond acceptors (Lipinski definition) is 5. The van der Waals surface area contributed by atoms with Crippen molar-refractivity contribution >= 4 is 34.8 Å².